The Morgan fingerprint density at radius 2 is 1.19 bits per heavy atom. The van der Waals surface area contributed by atoms with E-state index in [1.165, 1.54) is 12.1 Å². The monoisotopic (exact) mass is 495 g/mol. The van der Waals surface area contributed by atoms with E-state index >= 15 is 0 Å². The molecule has 190 valence electrons. The molecule has 3 aromatic rings. The molecule has 0 saturated carbocycles. The van der Waals surface area contributed by atoms with Crippen molar-refractivity contribution in [1.82, 2.24) is 0 Å². The van der Waals surface area contributed by atoms with E-state index in [-0.39, 0.29) is 5.96 Å². The van der Waals surface area contributed by atoms with Crippen molar-refractivity contribution in [2.45, 2.75) is 38.8 Å². The number of benzene rings is 3. The maximum atomic E-state index is 13.8. The number of nitrogens with two attached hydrogens (primary N) is 3. The molecule has 0 spiro atoms. The molecule has 5 nitrogen and oxygen atoms in total. The van der Waals surface area contributed by atoms with Gasteiger partial charge in [0.15, 0.2) is 5.96 Å². The smallest absolute Gasteiger partial charge is 0.388 e. The van der Waals surface area contributed by atoms with Gasteiger partial charge in [-0.2, -0.15) is 13.2 Å². The lowest BCUT2D eigenvalue weighted by Gasteiger charge is -2.14. The molecule has 0 radical (unpaired) electrons. The number of hydrogen-bond donors (Lipinski definition) is 3. The Morgan fingerprint density at radius 1 is 0.694 bits per heavy atom. The van der Waals surface area contributed by atoms with Gasteiger partial charge in [-0.3, -0.25) is 9.98 Å². The second-order valence-corrected chi connectivity index (χ2v) is 8.73. The molecule has 36 heavy (non-hydrogen) atoms. The van der Waals surface area contributed by atoms with Crippen LogP contribution in [-0.4, -0.2) is 24.9 Å². The van der Waals surface area contributed by atoms with Crippen LogP contribution in [0.15, 0.2) is 76.7 Å². The van der Waals surface area contributed by atoms with Gasteiger partial charge in [-0.15, -0.1) is 0 Å². The average Bonchev–Trinajstić information content (AvgIpc) is 2.84. The van der Waals surface area contributed by atoms with E-state index in [9.17, 15) is 13.2 Å². The molecular weight excluding hydrogens is 463 g/mol. The Labute approximate surface area is 210 Å². The standard InChI is InChI=1S/C28H32F3N5/c1-19(32)35-12-4-8-20-6-2-10-22(14-20)24-16-25(18-26(17-24)28(29,30)31)23-11-3-7-21(15-23)9-5-13-36-27(33)34/h2-3,6-7,10-11,14-18H,4-5,8-9,12-13H2,1H3,(H2,32,35)(H4,33,34,36). The van der Waals surface area contributed by atoms with Crippen LogP contribution in [0.5, 0.6) is 0 Å². The molecule has 3 rings (SSSR count). The molecule has 6 N–H and O–H groups in total. The first-order valence-corrected chi connectivity index (χ1v) is 11.8. The number of aliphatic imine (C=N–C) groups is 2. The fourth-order valence-corrected chi connectivity index (χ4v) is 3.97. The molecule has 0 aliphatic rings. The molecule has 0 amide bonds. The molecule has 3 aromatic carbocycles. The molecule has 0 aliphatic heterocycles. The number of halogens is 3. The number of aryl methyl sites for hydroxylation is 2. The molecule has 0 saturated heterocycles. The van der Waals surface area contributed by atoms with Gasteiger partial charge in [0.05, 0.1) is 11.4 Å². The molecule has 0 aliphatic carbocycles. The highest BCUT2D eigenvalue weighted by atomic mass is 19.4. The van der Waals surface area contributed by atoms with Gasteiger partial charge < -0.3 is 17.2 Å². The van der Waals surface area contributed by atoms with Crippen molar-refractivity contribution in [2.75, 3.05) is 13.1 Å². The molecule has 8 heteroatoms. The summed E-state index contributed by atoms with van der Waals surface area (Å²) in [4.78, 5) is 8.17. The largest absolute Gasteiger partial charge is 0.416 e. The topological polar surface area (TPSA) is 103 Å². The fraction of sp³-hybridized carbons (Fsp3) is 0.286. The molecule has 0 aromatic heterocycles. The van der Waals surface area contributed by atoms with Crippen molar-refractivity contribution in [3.8, 4) is 22.3 Å². The predicted molar refractivity (Wildman–Crippen MR) is 142 cm³/mol. The Kier molecular flexibility index (Phi) is 9.11. The Hall–Kier alpha value is -3.81. The predicted octanol–water partition coefficient (Wildman–Crippen LogP) is 5.56. The highest BCUT2D eigenvalue weighted by Gasteiger charge is 2.31. The van der Waals surface area contributed by atoms with Gasteiger partial charge in [-0.05, 0) is 84.2 Å². The minimum Gasteiger partial charge on any atom is -0.388 e. The van der Waals surface area contributed by atoms with Crippen LogP contribution in [0.2, 0.25) is 0 Å². The number of hydrogen-bond acceptors (Lipinski definition) is 2. The number of amidine groups is 1. The third-order valence-electron chi connectivity index (χ3n) is 5.68. The third-order valence-corrected chi connectivity index (χ3v) is 5.68. The molecular formula is C28H32F3N5. The number of guanidine groups is 1. The van der Waals surface area contributed by atoms with Crippen LogP contribution in [0.1, 0.15) is 36.5 Å². The second kappa shape index (κ2) is 12.2. The van der Waals surface area contributed by atoms with Gasteiger partial charge in [-0.1, -0.05) is 48.5 Å². The summed E-state index contributed by atoms with van der Waals surface area (Å²) >= 11 is 0. The summed E-state index contributed by atoms with van der Waals surface area (Å²) in [7, 11) is 0. The van der Waals surface area contributed by atoms with Gasteiger partial charge in [0.2, 0.25) is 0 Å². The van der Waals surface area contributed by atoms with Crippen LogP contribution in [0.25, 0.3) is 22.3 Å². The van der Waals surface area contributed by atoms with E-state index in [4.69, 9.17) is 17.2 Å². The van der Waals surface area contributed by atoms with E-state index in [2.05, 4.69) is 9.98 Å². The van der Waals surface area contributed by atoms with E-state index in [0.29, 0.717) is 36.5 Å². The molecule has 0 atom stereocenters. The quantitative estimate of drug-likeness (QED) is 0.195. The summed E-state index contributed by atoms with van der Waals surface area (Å²) in [5.41, 5.74) is 20.2. The van der Waals surface area contributed by atoms with E-state index in [1.54, 1.807) is 6.92 Å². The average molecular weight is 496 g/mol. The summed E-state index contributed by atoms with van der Waals surface area (Å²) in [6, 6.07) is 19.4. The minimum absolute atomic E-state index is 0.0449. The minimum atomic E-state index is -4.46. The van der Waals surface area contributed by atoms with Gasteiger partial charge >= 0.3 is 6.18 Å². The summed E-state index contributed by atoms with van der Waals surface area (Å²) < 4.78 is 41.5. The SMILES string of the molecule is CC(N)=NCCCc1cccc(-c2cc(-c3cccc(CCCN=C(N)N)c3)cc(C(F)(F)F)c2)c1. The lowest BCUT2D eigenvalue weighted by Crippen LogP contribution is -2.23. The van der Waals surface area contributed by atoms with Crippen LogP contribution in [0.3, 0.4) is 0 Å². The maximum Gasteiger partial charge on any atom is 0.416 e. The van der Waals surface area contributed by atoms with Crippen molar-refractivity contribution in [3.05, 3.63) is 83.4 Å². The Bertz CT molecular complexity index is 1140. The molecule has 0 bridgehead atoms. The fourth-order valence-electron chi connectivity index (χ4n) is 3.97. The third kappa shape index (κ3) is 8.15. The normalized spacial score (nSPS) is 11.9. The zero-order valence-corrected chi connectivity index (χ0v) is 20.4. The zero-order chi connectivity index (χ0) is 26.1. The van der Waals surface area contributed by atoms with Crippen molar-refractivity contribution in [1.29, 1.82) is 0 Å². The van der Waals surface area contributed by atoms with Crippen LogP contribution in [0, 0.1) is 0 Å². The summed E-state index contributed by atoms with van der Waals surface area (Å²) in [6.07, 6.45) is -1.44. The Morgan fingerprint density at radius 3 is 1.64 bits per heavy atom. The lowest BCUT2D eigenvalue weighted by molar-refractivity contribution is -0.137. The van der Waals surface area contributed by atoms with Crippen LogP contribution < -0.4 is 17.2 Å². The molecule has 0 unspecified atom stereocenters. The second-order valence-electron chi connectivity index (χ2n) is 8.73. The Balaban J connectivity index is 1.90. The first-order valence-electron chi connectivity index (χ1n) is 11.8. The molecule has 0 fully saturated rings. The number of rotatable bonds is 10. The van der Waals surface area contributed by atoms with Crippen molar-refractivity contribution < 1.29 is 13.2 Å². The molecule has 0 heterocycles. The highest BCUT2D eigenvalue weighted by molar-refractivity contribution is 5.77. The van der Waals surface area contributed by atoms with Crippen molar-refractivity contribution in [3.63, 3.8) is 0 Å². The van der Waals surface area contributed by atoms with Crippen LogP contribution in [0.4, 0.5) is 13.2 Å². The van der Waals surface area contributed by atoms with E-state index in [0.717, 1.165) is 41.5 Å². The summed E-state index contributed by atoms with van der Waals surface area (Å²) in [5.74, 6) is 0.585. The van der Waals surface area contributed by atoms with Crippen molar-refractivity contribution >= 4 is 11.8 Å². The maximum absolute atomic E-state index is 13.8. The van der Waals surface area contributed by atoms with Crippen LogP contribution >= 0.6 is 0 Å². The first kappa shape index (κ1) is 26.8. The van der Waals surface area contributed by atoms with Gasteiger partial charge in [-0.25, -0.2) is 0 Å². The van der Waals surface area contributed by atoms with Crippen LogP contribution in [-0.2, 0) is 19.0 Å². The van der Waals surface area contributed by atoms with Gasteiger partial charge in [0, 0.05) is 13.1 Å². The lowest BCUT2D eigenvalue weighted by atomic mass is 9.93. The van der Waals surface area contributed by atoms with Gasteiger partial charge in [0.25, 0.3) is 0 Å². The zero-order valence-electron chi connectivity index (χ0n) is 20.4. The van der Waals surface area contributed by atoms with Gasteiger partial charge in [0.1, 0.15) is 0 Å². The summed E-state index contributed by atoms with van der Waals surface area (Å²) in [5, 5.41) is 0. The highest BCUT2D eigenvalue weighted by Crippen LogP contribution is 2.36. The van der Waals surface area contributed by atoms with E-state index in [1.807, 2.05) is 54.6 Å². The van der Waals surface area contributed by atoms with E-state index < -0.39 is 11.7 Å². The number of alkyl halides is 3. The number of nitrogens with zero attached hydrogens (tertiary/aromatic N) is 2. The summed E-state index contributed by atoms with van der Waals surface area (Å²) in [6.45, 7) is 2.85. The first-order chi connectivity index (χ1) is 17.1. The van der Waals surface area contributed by atoms with Crippen molar-refractivity contribution in [2.24, 2.45) is 27.2 Å².